The first-order chi connectivity index (χ1) is 8.24. The van der Waals surface area contributed by atoms with Gasteiger partial charge in [-0.15, -0.1) is 11.6 Å². The molecule has 0 spiro atoms. The summed E-state index contributed by atoms with van der Waals surface area (Å²) < 4.78 is 0. The summed E-state index contributed by atoms with van der Waals surface area (Å²) >= 11 is 11.7. The molecule has 0 aliphatic carbocycles. The maximum atomic E-state index is 11.4. The normalized spacial score (nSPS) is 19.9. The molecule has 0 aromatic carbocycles. The van der Waals surface area contributed by atoms with E-state index >= 15 is 0 Å². The van der Waals surface area contributed by atoms with Crippen LogP contribution in [0, 0.1) is 0 Å². The molecule has 94 valence electrons. The Morgan fingerprint density at radius 1 is 1.59 bits per heavy atom. The molecule has 1 aliphatic heterocycles. The third-order valence-electron chi connectivity index (χ3n) is 3.10. The van der Waals surface area contributed by atoms with E-state index in [1.165, 1.54) is 6.33 Å². The van der Waals surface area contributed by atoms with Crippen molar-refractivity contribution in [1.29, 1.82) is 0 Å². The third-order valence-corrected chi connectivity index (χ3v) is 3.71. The Hall–Kier alpha value is -0.740. The number of halogens is 2. The van der Waals surface area contributed by atoms with Crippen molar-refractivity contribution in [3.63, 3.8) is 0 Å². The van der Waals surface area contributed by atoms with Crippen molar-refractivity contribution in [3.05, 3.63) is 21.7 Å². The molecule has 1 fully saturated rings. The van der Waals surface area contributed by atoms with Gasteiger partial charge in [-0.25, -0.2) is 4.98 Å². The number of H-pyrrole nitrogens is 1. The standard InChI is InChI=1S/C11H15Cl2N3O/c12-5-1-3-8-4-2-6-16(8)10-9(13)11(17)15-7-14-10/h7-8H,1-6H2,(H,14,15,17). The van der Waals surface area contributed by atoms with Crippen molar-refractivity contribution < 1.29 is 0 Å². The fourth-order valence-corrected chi connectivity index (χ4v) is 2.67. The highest BCUT2D eigenvalue weighted by molar-refractivity contribution is 6.32. The lowest BCUT2D eigenvalue weighted by Crippen LogP contribution is -2.31. The SMILES string of the molecule is O=c1[nH]cnc(N2CCCC2CCCCl)c1Cl. The summed E-state index contributed by atoms with van der Waals surface area (Å²) in [6.07, 6.45) is 5.62. The molecular weight excluding hydrogens is 261 g/mol. The predicted molar refractivity (Wildman–Crippen MR) is 70.2 cm³/mol. The van der Waals surface area contributed by atoms with Crippen molar-refractivity contribution in [1.82, 2.24) is 9.97 Å². The molecule has 1 unspecified atom stereocenters. The fraction of sp³-hybridized carbons (Fsp3) is 0.636. The average Bonchev–Trinajstić information content (AvgIpc) is 2.78. The van der Waals surface area contributed by atoms with Crippen LogP contribution in [0.25, 0.3) is 0 Å². The molecule has 1 atom stereocenters. The van der Waals surface area contributed by atoms with Gasteiger partial charge in [-0.05, 0) is 25.7 Å². The van der Waals surface area contributed by atoms with Crippen LogP contribution in [0.4, 0.5) is 5.82 Å². The van der Waals surface area contributed by atoms with E-state index < -0.39 is 0 Å². The van der Waals surface area contributed by atoms with Crippen LogP contribution in [0.5, 0.6) is 0 Å². The maximum absolute atomic E-state index is 11.4. The van der Waals surface area contributed by atoms with Gasteiger partial charge < -0.3 is 9.88 Å². The zero-order valence-corrected chi connectivity index (χ0v) is 11.0. The summed E-state index contributed by atoms with van der Waals surface area (Å²) in [5.41, 5.74) is -0.278. The lowest BCUT2D eigenvalue weighted by molar-refractivity contribution is 0.598. The summed E-state index contributed by atoms with van der Waals surface area (Å²) in [5.74, 6) is 1.27. The van der Waals surface area contributed by atoms with Crippen LogP contribution in [0.2, 0.25) is 5.02 Å². The molecule has 4 nitrogen and oxygen atoms in total. The quantitative estimate of drug-likeness (QED) is 0.859. The molecule has 0 amide bonds. The zero-order chi connectivity index (χ0) is 12.3. The number of hydrogen-bond donors (Lipinski definition) is 1. The van der Waals surface area contributed by atoms with Gasteiger partial charge in [0.05, 0.1) is 6.33 Å². The van der Waals surface area contributed by atoms with E-state index in [4.69, 9.17) is 23.2 Å². The Morgan fingerprint density at radius 2 is 2.41 bits per heavy atom. The first kappa shape index (κ1) is 12.7. The number of hydrogen-bond acceptors (Lipinski definition) is 3. The minimum atomic E-state index is -0.278. The van der Waals surface area contributed by atoms with Gasteiger partial charge in [0.15, 0.2) is 5.82 Å². The van der Waals surface area contributed by atoms with Gasteiger partial charge in [-0.2, -0.15) is 0 Å². The Bertz CT molecular complexity index is 435. The highest BCUT2D eigenvalue weighted by Crippen LogP contribution is 2.29. The van der Waals surface area contributed by atoms with Crippen molar-refractivity contribution in [2.75, 3.05) is 17.3 Å². The van der Waals surface area contributed by atoms with E-state index in [1.807, 2.05) is 0 Å². The molecule has 6 heteroatoms. The van der Waals surface area contributed by atoms with E-state index in [-0.39, 0.29) is 10.6 Å². The lowest BCUT2D eigenvalue weighted by atomic mass is 10.1. The second kappa shape index (κ2) is 5.74. The number of aromatic nitrogens is 2. The predicted octanol–water partition coefficient (Wildman–Crippen LogP) is 2.41. The van der Waals surface area contributed by atoms with Crippen molar-refractivity contribution in [2.45, 2.75) is 31.7 Å². The Kier molecular flexibility index (Phi) is 4.29. The molecule has 2 rings (SSSR count). The molecule has 1 aliphatic rings. The smallest absolute Gasteiger partial charge is 0.271 e. The van der Waals surface area contributed by atoms with E-state index in [1.54, 1.807) is 0 Å². The largest absolute Gasteiger partial charge is 0.352 e. The van der Waals surface area contributed by atoms with Gasteiger partial charge in [0.1, 0.15) is 5.02 Å². The first-order valence-corrected chi connectivity index (χ1v) is 6.71. The van der Waals surface area contributed by atoms with Gasteiger partial charge in [-0.3, -0.25) is 4.79 Å². The number of anilines is 1. The highest BCUT2D eigenvalue weighted by Gasteiger charge is 2.27. The van der Waals surface area contributed by atoms with Gasteiger partial charge in [0.25, 0.3) is 5.56 Å². The second-order valence-corrected chi connectivity index (χ2v) is 4.95. The van der Waals surface area contributed by atoms with Gasteiger partial charge >= 0.3 is 0 Å². The lowest BCUT2D eigenvalue weighted by Gasteiger charge is -2.25. The maximum Gasteiger partial charge on any atom is 0.271 e. The first-order valence-electron chi connectivity index (χ1n) is 5.80. The summed E-state index contributed by atoms with van der Waals surface area (Å²) in [7, 11) is 0. The Labute approximate surface area is 110 Å². The number of nitrogens with zero attached hydrogens (tertiary/aromatic N) is 2. The van der Waals surface area contributed by atoms with Gasteiger partial charge in [-0.1, -0.05) is 11.6 Å². The third kappa shape index (κ3) is 2.75. The molecule has 0 bridgehead atoms. The van der Waals surface area contributed by atoms with Crippen molar-refractivity contribution in [2.24, 2.45) is 0 Å². The van der Waals surface area contributed by atoms with Crippen LogP contribution in [0.15, 0.2) is 11.1 Å². The van der Waals surface area contributed by atoms with Crippen LogP contribution < -0.4 is 10.5 Å². The minimum Gasteiger partial charge on any atom is -0.352 e. The number of nitrogens with one attached hydrogen (secondary N) is 1. The Balaban J connectivity index is 2.20. The molecule has 1 aromatic rings. The molecule has 1 saturated heterocycles. The van der Waals surface area contributed by atoms with Crippen LogP contribution in [0.1, 0.15) is 25.7 Å². The van der Waals surface area contributed by atoms with Crippen LogP contribution >= 0.6 is 23.2 Å². The highest BCUT2D eigenvalue weighted by atomic mass is 35.5. The molecule has 17 heavy (non-hydrogen) atoms. The minimum absolute atomic E-state index is 0.185. The summed E-state index contributed by atoms with van der Waals surface area (Å²) in [6, 6.07) is 0.403. The fourth-order valence-electron chi connectivity index (χ4n) is 2.30. The number of aromatic amines is 1. The van der Waals surface area contributed by atoms with E-state index in [0.29, 0.717) is 17.7 Å². The summed E-state index contributed by atoms with van der Waals surface area (Å²) in [5, 5.41) is 0.185. The van der Waals surface area contributed by atoms with Crippen LogP contribution in [-0.4, -0.2) is 28.4 Å². The van der Waals surface area contributed by atoms with Crippen LogP contribution in [0.3, 0.4) is 0 Å². The Morgan fingerprint density at radius 3 is 3.18 bits per heavy atom. The zero-order valence-electron chi connectivity index (χ0n) is 9.46. The van der Waals surface area contributed by atoms with Crippen molar-refractivity contribution >= 4 is 29.0 Å². The van der Waals surface area contributed by atoms with E-state index in [9.17, 15) is 4.79 Å². The van der Waals surface area contributed by atoms with Crippen molar-refractivity contribution in [3.8, 4) is 0 Å². The van der Waals surface area contributed by atoms with E-state index in [0.717, 1.165) is 32.2 Å². The van der Waals surface area contributed by atoms with Crippen LogP contribution in [-0.2, 0) is 0 Å². The average molecular weight is 276 g/mol. The molecule has 0 saturated carbocycles. The second-order valence-electron chi connectivity index (χ2n) is 4.19. The topological polar surface area (TPSA) is 49.0 Å². The summed E-state index contributed by atoms with van der Waals surface area (Å²) in [6.45, 7) is 0.906. The molecule has 2 heterocycles. The monoisotopic (exact) mass is 275 g/mol. The number of rotatable bonds is 4. The molecule has 0 radical (unpaired) electrons. The van der Waals surface area contributed by atoms with Gasteiger partial charge in [0.2, 0.25) is 0 Å². The molecule has 1 aromatic heterocycles. The van der Waals surface area contributed by atoms with E-state index in [2.05, 4.69) is 14.9 Å². The summed E-state index contributed by atoms with van der Waals surface area (Å²) in [4.78, 5) is 20.2. The molecule has 1 N–H and O–H groups in total. The van der Waals surface area contributed by atoms with Gasteiger partial charge in [0, 0.05) is 18.5 Å². The number of alkyl halides is 1. The molecular formula is C11H15Cl2N3O.